The number of fused-ring (bicyclic) bond motifs is 3. The van der Waals surface area contributed by atoms with Gasteiger partial charge in [0.1, 0.15) is 43.1 Å². The van der Waals surface area contributed by atoms with E-state index in [1.807, 2.05) is 13.8 Å². The van der Waals surface area contributed by atoms with Gasteiger partial charge < -0.3 is 19.1 Å². The van der Waals surface area contributed by atoms with Crippen molar-refractivity contribution < 1.29 is 27.4 Å². The van der Waals surface area contributed by atoms with Crippen LogP contribution < -0.4 is 14.4 Å². The maximum Gasteiger partial charge on any atom is 0.319 e. The SMILES string of the molecule is Cc1cc(C)c(CF)c(-c2c(C)c3c4c(nc(OC[C@@]56CCCN5C[C@H](F)C6)nc4c2F)N2CCC4(COC4)C[C@H]2CO3)n1. The van der Waals surface area contributed by atoms with Crippen molar-refractivity contribution in [3.8, 4) is 23.0 Å². The molecule has 1 spiro atoms. The second-order valence-corrected chi connectivity index (χ2v) is 13.7. The Balaban J connectivity index is 1.29. The summed E-state index contributed by atoms with van der Waals surface area (Å²) in [4.78, 5) is 18.6. The highest BCUT2D eigenvalue weighted by Crippen LogP contribution is 2.50. The third kappa shape index (κ3) is 4.21. The van der Waals surface area contributed by atoms with Crippen LogP contribution in [0.1, 0.15) is 54.5 Å². The van der Waals surface area contributed by atoms with Crippen molar-refractivity contribution in [2.75, 3.05) is 51.0 Å². The quantitative estimate of drug-likeness (QED) is 0.373. The zero-order chi connectivity index (χ0) is 30.4. The molecule has 0 amide bonds. The van der Waals surface area contributed by atoms with Crippen LogP contribution in [0.25, 0.3) is 22.2 Å². The predicted octanol–water partition coefficient (Wildman–Crippen LogP) is 5.56. The Hall–Kier alpha value is -3.18. The fourth-order valence-electron chi connectivity index (χ4n) is 8.51. The number of anilines is 1. The van der Waals surface area contributed by atoms with E-state index in [-0.39, 0.29) is 40.8 Å². The van der Waals surface area contributed by atoms with Gasteiger partial charge in [0, 0.05) is 47.3 Å². The molecule has 0 bridgehead atoms. The van der Waals surface area contributed by atoms with E-state index in [0.717, 1.165) is 52.0 Å². The van der Waals surface area contributed by atoms with Gasteiger partial charge in [0.2, 0.25) is 0 Å². The van der Waals surface area contributed by atoms with E-state index < -0.39 is 24.2 Å². The lowest BCUT2D eigenvalue weighted by Gasteiger charge is -2.50. The number of aryl methyl sites for hydroxylation is 2. The van der Waals surface area contributed by atoms with Crippen molar-refractivity contribution in [2.45, 2.75) is 77.3 Å². The van der Waals surface area contributed by atoms with Gasteiger partial charge in [0.15, 0.2) is 5.82 Å². The second-order valence-electron chi connectivity index (χ2n) is 13.7. The van der Waals surface area contributed by atoms with Crippen molar-refractivity contribution in [2.24, 2.45) is 5.41 Å². The molecule has 8 nitrogen and oxygen atoms in total. The topological polar surface area (TPSA) is 72.8 Å². The van der Waals surface area contributed by atoms with Gasteiger partial charge >= 0.3 is 6.01 Å². The number of nitrogens with zero attached hydrogens (tertiary/aromatic N) is 5. The number of ether oxygens (including phenoxy) is 3. The molecular formula is C33H38F3N5O3. The summed E-state index contributed by atoms with van der Waals surface area (Å²) in [6, 6.07) is 1.87. The summed E-state index contributed by atoms with van der Waals surface area (Å²) in [6.07, 6.45) is 3.15. The molecule has 4 fully saturated rings. The first-order valence-electron chi connectivity index (χ1n) is 15.8. The lowest BCUT2D eigenvalue weighted by Crippen LogP contribution is -2.56. The molecule has 0 unspecified atom stereocenters. The van der Waals surface area contributed by atoms with Gasteiger partial charge in [0.25, 0.3) is 0 Å². The van der Waals surface area contributed by atoms with Crippen molar-refractivity contribution in [1.82, 2.24) is 19.9 Å². The molecule has 234 valence electrons. The number of halogens is 3. The summed E-state index contributed by atoms with van der Waals surface area (Å²) < 4.78 is 64.4. The second kappa shape index (κ2) is 10.2. The molecule has 1 aromatic carbocycles. The fraction of sp³-hybridized carbons (Fsp3) is 0.606. The smallest absolute Gasteiger partial charge is 0.319 e. The molecule has 5 aliphatic rings. The van der Waals surface area contributed by atoms with E-state index in [1.165, 1.54) is 0 Å². The number of hydrogen-bond acceptors (Lipinski definition) is 8. The van der Waals surface area contributed by atoms with Crippen molar-refractivity contribution >= 4 is 16.7 Å². The molecule has 0 N–H and O–H groups in total. The monoisotopic (exact) mass is 609 g/mol. The molecule has 4 saturated heterocycles. The number of rotatable bonds is 5. The number of benzene rings is 1. The van der Waals surface area contributed by atoms with Crippen LogP contribution in [0, 0.1) is 32.0 Å². The van der Waals surface area contributed by atoms with Crippen molar-refractivity contribution in [3.05, 3.63) is 34.3 Å². The zero-order valence-electron chi connectivity index (χ0n) is 25.5. The highest BCUT2D eigenvalue weighted by Gasteiger charge is 2.50. The average molecular weight is 610 g/mol. The molecule has 2 aromatic heterocycles. The molecule has 44 heavy (non-hydrogen) atoms. The molecule has 3 atom stereocenters. The number of piperidine rings is 1. The van der Waals surface area contributed by atoms with Crippen LogP contribution in [-0.2, 0) is 11.4 Å². The van der Waals surface area contributed by atoms with E-state index in [2.05, 4.69) is 19.8 Å². The van der Waals surface area contributed by atoms with Crippen LogP contribution >= 0.6 is 0 Å². The van der Waals surface area contributed by atoms with Crippen LogP contribution in [0.2, 0.25) is 0 Å². The van der Waals surface area contributed by atoms with Crippen LogP contribution in [0.3, 0.4) is 0 Å². The Kier molecular flexibility index (Phi) is 6.54. The largest absolute Gasteiger partial charge is 0.490 e. The van der Waals surface area contributed by atoms with Gasteiger partial charge in [-0.1, -0.05) is 0 Å². The van der Waals surface area contributed by atoms with Crippen molar-refractivity contribution in [1.29, 1.82) is 0 Å². The highest BCUT2D eigenvalue weighted by molar-refractivity contribution is 6.01. The molecule has 0 radical (unpaired) electrons. The first-order valence-corrected chi connectivity index (χ1v) is 15.8. The standard InChI is InChI=1S/C33H38F3N5O3/c1-18-9-19(2)37-27(23(18)12-34)24-20(3)29-25-28(26(24)36)38-31(44-17-33-5-4-7-40(33)13-21(35)10-33)39-30(25)41-8-6-32(15-42-16-32)11-22(41)14-43-29/h9,21-22H,4-8,10-17H2,1-3H3/t21-,22+,33+/m1/s1. The summed E-state index contributed by atoms with van der Waals surface area (Å²) in [5.41, 5.74) is 2.49. The van der Waals surface area contributed by atoms with Gasteiger partial charge in [-0.2, -0.15) is 9.97 Å². The molecular weight excluding hydrogens is 571 g/mol. The van der Waals surface area contributed by atoms with E-state index in [1.54, 1.807) is 13.0 Å². The minimum absolute atomic E-state index is 0.00342. The normalized spacial score (nSPS) is 27.2. The number of pyridine rings is 1. The molecule has 8 rings (SSSR count). The molecule has 7 heterocycles. The summed E-state index contributed by atoms with van der Waals surface area (Å²) in [7, 11) is 0. The third-order valence-electron chi connectivity index (χ3n) is 10.8. The van der Waals surface area contributed by atoms with Gasteiger partial charge in [-0.05, 0) is 64.6 Å². The number of hydrogen-bond donors (Lipinski definition) is 0. The Morgan fingerprint density at radius 2 is 1.93 bits per heavy atom. The number of alkyl halides is 2. The number of aromatic nitrogens is 3. The lowest BCUT2D eigenvalue weighted by molar-refractivity contribution is -0.131. The summed E-state index contributed by atoms with van der Waals surface area (Å²) in [6.45, 7) is 8.71. The van der Waals surface area contributed by atoms with Crippen molar-refractivity contribution in [3.63, 3.8) is 0 Å². The van der Waals surface area contributed by atoms with Gasteiger partial charge in [-0.25, -0.2) is 13.2 Å². The Morgan fingerprint density at radius 1 is 1.09 bits per heavy atom. The first-order chi connectivity index (χ1) is 21.2. The van der Waals surface area contributed by atoms with Gasteiger partial charge in [-0.15, -0.1) is 0 Å². The molecule has 0 aliphatic carbocycles. The van der Waals surface area contributed by atoms with Crippen LogP contribution in [0.5, 0.6) is 11.8 Å². The minimum atomic E-state index is -0.893. The maximum absolute atomic E-state index is 17.0. The zero-order valence-corrected chi connectivity index (χ0v) is 25.5. The summed E-state index contributed by atoms with van der Waals surface area (Å²) in [5, 5.41) is 0.496. The van der Waals surface area contributed by atoms with Gasteiger partial charge in [0.05, 0.1) is 35.9 Å². The van der Waals surface area contributed by atoms with Gasteiger partial charge in [-0.3, -0.25) is 9.88 Å². The summed E-state index contributed by atoms with van der Waals surface area (Å²) in [5.74, 6) is 0.477. The van der Waals surface area contributed by atoms with Crippen LogP contribution in [0.4, 0.5) is 19.0 Å². The molecule has 5 aliphatic heterocycles. The van der Waals surface area contributed by atoms with Crippen LogP contribution in [0.15, 0.2) is 6.07 Å². The fourth-order valence-corrected chi connectivity index (χ4v) is 8.51. The van der Waals surface area contributed by atoms with E-state index in [9.17, 15) is 8.78 Å². The Morgan fingerprint density at radius 3 is 2.70 bits per heavy atom. The molecule has 3 aromatic rings. The average Bonchev–Trinajstić information content (AvgIpc) is 3.44. The maximum atomic E-state index is 17.0. The Bertz CT molecular complexity index is 1670. The van der Waals surface area contributed by atoms with Crippen LogP contribution in [-0.4, -0.2) is 83.7 Å². The van der Waals surface area contributed by atoms with E-state index in [4.69, 9.17) is 19.2 Å². The highest BCUT2D eigenvalue weighted by atomic mass is 19.1. The van der Waals surface area contributed by atoms with E-state index >= 15 is 4.39 Å². The van der Waals surface area contributed by atoms with E-state index in [0.29, 0.717) is 58.9 Å². The summed E-state index contributed by atoms with van der Waals surface area (Å²) >= 11 is 0. The minimum Gasteiger partial charge on any atom is -0.490 e. The predicted molar refractivity (Wildman–Crippen MR) is 159 cm³/mol. The first kappa shape index (κ1) is 28.3. The molecule has 0 saturated carbocycles. The third-order valence-corrected chi connectivity index (χ3v) is 10.8. The Labute approximate surface area is 254 Å². The lowest BCUT2D eigenvalue weighted by atomic mass is 9.74. The molecule has 11 heteroatoms.